The molecule has 0 unspecified atom stereocenters. The van der Waals surface area contributed by atoms with E-state index in [1.807, 2.05) is 27.1 Å². The van der Waals surface area contributed by atoms with Crippen LogP contribution in [0.25, 0.3) is 10.9 Å². The third-order valence-electron chi connectivity index (χ3n) is 4.38. The van der Waals surface area contributed by atoms with Gasteiger partial charge in [-0.15, -0.1) is 0 Å². The van der Waals surface area contributed by atoms with Crippen LogP contribution in [0, 0.1) is 6.92 Å². The number of benzene rings is 1. The summed E-state index contributed by atoms with van der Waals surface area (Å²) in [4.78, 5) is 12.1. The van der Waals surface area contributed by atoms with Gasteiger partial charge in [0.05, 0.1) is 11.1 Å². The summed E-state index contributed by atoms with van der Waals surface area (Å²) < 4.78 is 7.57. The zero-order valence-corrected chi connectivity index (χ0v) is 14.9. The summed E-state index contributed by atoms with van der Waals surface area (Å²) in [6.45, 7) is 7.75. The highest BCUT2D eigenvalue weighted by Gasteiger charge is 2.22. The zero-order chi connectivity index (χ0) is 17.0. The molecule has 1 N–H and O–H groups in total. The molecule has 2 aromatic rings. The average molecular weight is 316 g/mol. The van der Waals surface area contributed by atoms with E-state index in [1.165, 1.54) is 16.6 Å². The molecule has 1 aromatic heterocycles. The summed E-state index contributed by atoms with van der Waals surface area (Å²) in [6.07, 6.45) is 4.05. The number of carbonyl (C=O) groups is 1. The summed E-state index contributed by atoms with van der Waals surface area (Å²) in [6, 6.07) is 4.38. The van der Waals surface area contributed by atoms with Crippen LogP contribution in [0.2, 0.25) is 0 Å². The Balaban J connectivity index is 0.000000924. The van der Waals surface area contributed by atoms with Crippen molar-refractivity contribution >= 4 is 16.8 Å². The first-order valence-corrected chi connectivity index (χ1v) is 8.51. The van der Waals surface area contributed by atoms with Crippen LogP contribution in [-0.2, 0) is 11.8 Å². The molecular weight excluding hydrogens is 288 g/mol. The number of aryl methyl sites for hydroxylation is 2. The lowest BCUT2D eigenvalue weighted by Gasteiger charge is -2.24. The maximum Gasteiger partial charge on any atom is 0.253 e. The van der Waals surface area contributed by atoms with Crippen LogP contribution in [0.3, 0.4) is 0 Å². The van der Waals surface area contributed by atoms with Crippen molar-refractivity contribution in [1.82, 2.24) is 9.88 Å². The van der Waals surface area contributed by atoms with Gasteiger partial charge in [0.1, 0.15) is 0 Å². The fourth-order valence-corrected chi connectivity index (χ4v) is 3.37. The van der Waals surface area contributed by atoms with E-state index in [0.29, 0.717) is 5.92 Å². The lowest BCUT2D eigenvalue weighted by molar-refractivity contribution is 0.0855. The van der Waals surface area contributed by atoms with Crippen LogP contribution >= 0.6 is 0 Å². The lowest BCUT2D eigenvalue weighted by atomic mass is 9.88. The van der Waals surface area contributed by atoms with E-state index in [0.717, 1.165) is 37.0 Å². The van der Waals surface area contributed by atoms with Gasteiger partial charge in [0.15, 0.2) is 0 Å². The number of aromatic nitrogens is 1. The normalized spacial score (nSPS) is 15.2. The average Bonchev–Trinajstić information content (AvgIpc) is 2.92. The Bertz CT molecular complexity index is 682. The second-order valence-corrected chi connectivity index (χ2v) is 5.87. The van der Waals surface area contributed by atoms with E-state index in [-0.39, 0.29) is 5.91 Å². The Hall–Kier alpha value is -1.81. The third kappa shape index (κ3) is 3.42. The van der Waals surface area contributed by atoms with Crippen molar-refractivity contribution in [2.45, 2.75) is 39.5 Å². The molecule has 3 rings (SSSR count). The van der Waals surface area contributed by atoms with Crippen LogP contribution in [0.1, 0.15) is 54.1 Å². The quantitative estimate of drug-likeness (QED) is 0.916. The van der Waals surface area contributed by atoms with E-state index in [1.54, 1.807) is 7.05 Å². The second-order valence-electron chi connectivity index (χ2n) is 5.87. The molecule has 0 radical (unpaired) electrons. The molecule has 2 heterocycles. The van der Waals surface area contributed by atoms with Crippen LogP contribution in [0.5, 0.6) is 0 Å². The number of nitrogens with one attached hydrogen (secondary N) is 1. The molecule has 126 valence electrons. The van der Waals surface area contributed by atoms with E-state index in [2.05, 4.69) is 28.9 Å². The molecule has 1 fully saturated rings. The molecule has 0 atom stereocenters. The van der Waals surface area contributed by atoms with Gasteiger partial charge in [-0.2, -0.15) is 0 Å². The number of amides is 1. The van der Waals surface area contributed by atoms with Crippen LogP contribution < -0.4 is 5.32 Å². The molecule has 0 bridgehead atoms. The minimum atomic E-state index is -0.0240. The molecule has 1 aromatic carbocycles. The first-order valence-electron chi connectivity index (χ1n) is 8.51. The minimum absolute atomic E-state index is 0.0240. The Morgan fingerprint density at radius 1 is 1.26 bits per heavy atom. The molecule has 1 aliphatic rings. The Morgan fingerprint density at radius 2 is 1.91 bits per heavy atom. The van der Waals surface area contributed by atoms with Gasteiger partial charge in [-0.25, -0.2) is 0 Å². The zero-order valence-electron chi connectivity index (χ0n) is 14.9. The highest BCUT2D eigenvalue weighted by Crippen LogP contribution is 2.35. The minimum Gasteiger partial charge on any atom is -0.381 e. The van der Waals surface area contributed by atoms with Crippen LogP contribution in [0.4, 0.5) is 0 Å². The largest absolute Gasteiger partial charge is 0.381 e. The van der Waals surface area contributed by atoms with Gasteiger partial charge in [0.2, 0.25) is 0 Å². The Morgan fingerprint density at radius 3 is 2.52 bits per heavy atom. The molecule has 0 spiro atoms. The van der Waals surface area contributed by atoms with Gasteiger partial charge in [-0.05, 0) is 37.3 Å². The van der Waals surface area contributed by atoms with Crippen molar-refractivity contribution in [1.29, 1.82) is 0 Å². The van der Waals surface area contributed by atoms with E-state index in [9.17, 15) is 4.79 Å². The summed E-state index contributed by atoms with van der Waals surface area (Å²) in [7, 11) is 3.70. The SMILES string of the molecule is CC.CNC(=O)c1cn(C)c2c(C3CCOCC3)cc(C)cc12. The first kappa shape index (κ1) is 17.5. The number of hydrogen-bond acceptors (Lipinski definition) is 2. The van der Waals surface area contributed by atoms with Gasteiger partial charge in [-0.3, -0.25) is 4.79 Å². The van der Waals surface area contributed by atoms with Crippen molar-refractivity contribution < 1.29 is 9.53 Å². The van der Waals surface area contributed by atoms with Gasteiger partial charge in [-0.1, -0.05) is 25.5 Å². The molecule has 0 aliphatic carbocycles. The second kappa shape index (κ2) is 7.64. The predicted octanol–water partition coefficient (Wildman–Crippen LogP) is 3.77. The molecule has 4 heteroatoms. The lowest BCUT2D eigenvalue weighted by Crippen LogP contribution is -2.17. The van der Waals surface area contributed by atoms with Gasteiger partial charge in [0, 0.05) is 38.9 Å². The van der Waals surface area contributed by atoms with Crippen LogP contribution in [-0.4, -0.2) is 30.7 Å². The molecule has 1 amide bonds. The highest BCUT2D eigenvalue weighted by molar-refractivity contribution is 6.07. The molecule has 1 aliphatic heterocycles. The standard InChI is InChI=1S/C17H22N2O2.C2H6/c1-11-8-13(12-4-6-21-7-5-12)16-14(9-11)15(10-19(16)3)17(20)18-2;1-2/h8-10,12H,4-7H2,1-3H3,(H,18,20);1-2H3. The van der Waals surface area contributed by atoms with E-state index >= 15 is 0 Å². The fraction of sp³-hybridized carbons (Fsp3) is 0.526. The molecule has 0 saturated carbocycles. The van der Waals surface area contributed by atoms with Gasteiger partial charge >= 0.3 is 0 Å². The van der Waals surface area contributed by atoms with Crippen molar-refractivity contribution in [2.75, 3.05) is 20.3 Å². The van der Waals surface area contributed by atoms with Gasteiger partial charge in [0.25, 0.3) is 5.91 Å². The summed E-state index contributed by atoms with van der Waals surface area (Å²) in [5.41, 5.74) is 4.50. The van der Waals surface area contributed by atoms with Gasteiger partial charge < -0.3 is 14.6 Å². The van der Waals surface area contributed by atoms with E-state index in [4.69, 9.17) is 4.74 Å². The summed E-state index contributed by atoms with van der Waals surface area (Å²) >= 11 is 0. The van der Waals surface area contributed by atoms with Crippen LogP contribution in [0.15, 0.2) is 18.3 Å². The topological polar surface area (TPSA) is 43.3 Å². The summed E-state index contributed by atoms with van der Waals surface area (Å²) in [5.74, 6) is 0.497. The van der Waals surface area contributed by atoms with Crippen molar-refractivity contribution in [3.63, 3.8) is 0 Å². The predicted molar refractivity (Wildman–Crippen MR) is 95.2 cm³/mol. The smallest absolute Gasteiger partial charge is 0.253 e. The third-order valence-corrected chi connectivity index (χ3v) is 4.38. The number of ether oxygens (including phenoxy) is 1. The summed E-state index contributed by atoms with van der Waals surface area (Å²) in [5, 5.41) is 3.79. The molecular formula is C19H28N2O2. The molecule has 4 nitrogen and oxygen atoms in total. The fourth-order valence-electron chi connectivity index (χ4n) is 3.37. The Kier molecular flexibility index (Phi) is 5.83. The number of fused-ring (bicyclic) bond motifs is 1. The number of carbonyl (C=O) groups excluding carboxylic acids is 1. The van der Waals surface area contributed by atoms with Crippen molar-refractivity contribution in [3.8, 4) is 0 Å². The van der Waals surface area contributed by atoms with Crippen molar-refractivity contribution in [3.05, 3.63) is 35.0 Å². The maximum absolute atomic E-state index is 12.1. The molecule has 23 heavy (non-hydrogen) atoms. The maximum atomic E-state index is 12.1. The molecule has 1 saturated heterocycles. The Labute approximate surface area is 138 Å². The number of rotatable bonds is 2. The van der Waals surface area contributed by atoms with E-state index < -0.39 is 0 Å². The number of nitrogens with zero attached hydrogens (tertiary/aromatic N) is 1. The first-order chi connectivity index (χ1) is 11.1. The highest BCUT2D eigenvalue weighted by atomic mass is 16.5. The monoisotopic (exact) mass is 316 g/mol. The number of hydrogen-bond donors (Lipinski definition) is 1. The van der Waals surface area contributed by atoms with Crippen molar-refractivity contribution in [2.24, 2.45) is 7.05 Å².